The molecule has 1 fully saturated rings. The van der Waals surface area contributed by atoms with E-state index in [1.54, 1.807) is 53.5 Å². The molecule has 0 bridgehead atoms. The van der Waals surface area contributed by atoms with Crippen LogP contribution in [-0.2, 0) is 0 Å². The first kappa shape index (κ1) is 23.1. The highest BCUT2D eigenvalue weighted by Crippen LogP contribution is 2.36. The summed E-state index contributed by atoms with van der Waals surface area (Å²) in [6.07, 6.45) is 7.99. The molecule has 1 N–H and O–H groups in total. The third-order valence-corrected chi connectivity index (χ3v) is 6.66. The highest BCUT2D eigenvalue weighted by Gasteiger charge is 2.28. The minimum Gasteiger partial charge on any atom is -0.477 e. The first-order chi connectivity index (χ1) is 16.9. The molecular formula is C25H20Cl2N4O4. The van der Waals surface area contributed by atoms with E-state index in [0.717, 1.165) is 25.1 Å². The van der Waals surface area contributed by atoms with Crippen LogP contribution in [0.2, 0.25) is 10.0 Å². The van der Waals surface area contributed by atoms with Crippen molar-refractivity contribution in [3.63, 3.8) is 0 Å². The summed E-state index contributed by atoms with van der Waals surface area (Å²) in [4.78, 5) is 35.1. The summed E-state index contributed by atoms with van der Waals surface area (Å²) in [5, 5.41) is 10.6. The monoisotopic (exact) mass is 510 g/mol. The number of benzene rings is 1. The molecular weight excluding hydrogens is 491 g/mol. The first-order valence-corrected chi connectivity index (χ1v) is 11.7. The molecule has 0 amide bonds. The van der Waals surface area contributed by atoms with Crippen LogP contribution in [0.15, 0.2) is 66.0 Å². The molecule has 4 heterocycles. The fourth-order valence-electron chi connectivity index (χ4n) is 4.40. The van der Waals surface area contributed by atoms with E-state index in [0.29, 0.717) is 33.7 Å². The fraction of sp³-hybridized carbons (Fsp3) is 0.200. The summed E-state index contributed by atoms with van der Waals surface area (Å²) in [5.41, 5.74) is 1.04. The van der Waals surface area contributed by atoms with Crippen molar-refractivity contribution in [3.8, 4) is 11.6 Å². The van der Waals surface area contributed by atoms with Gasteiger partial charge < -0.3 is 19.3 Å². The lowest BCUT2D eigenvalue weighted by Crippen LogP contribution is -2.34. The number of aromatic carboxylic acids is 1. The molecule has 0 unspecified atom stereocenters. The highest BCUT2D eigenvalue weighted by molar-refractivity contribution is 6.34. The first-order valence-electron chi connectivity index (χ1n) is 11.0. The molecule has 0 radical (unpaired) electrons. The number of pyridine rings is 3. The van der Waals surface area contributed by atoms with Gasteiger partial charge in [0.15, 0.2) is 0 Å². The number of nitrogens with zero attached hydrogens (tertiary/aromatic N) is 4. The van der Waals surface area contributed by atoms with Gasteiger partial charge in [-0.1, -0.05) is 23.2 Å². The van der Waals surface area contributed by atoms with Crippen LogP contribution < -0.4 is 15.1 Å². The number of fused-ring (bicyclic) bond motifs is 1. The Balaban J connectivity index is 1.58. The van der Waals surface area contributed by atoms with Crippen LogP contribution >= 0.6 is 23.2 Å². The van der Waals surface area contributed by atoms with E-state index in [1.165, 1.54) is 6.20 Å². The Bertz CT molecular complexity index is 1480. The Labute approximate surface area is 210 Å². The van der Waals surface area contributed by atoms with Crippen LogP contribution in [0, 0.1) is 0 Å². The van der Waals surface area contributed by atoms with Crippen molar-refractivity contribution in [2.45, 2.75) is 18.9 Å². The Morgan fingerprint density at radius 2 is 1.94 bits per heavy atom. The van der Waals surface area contributed by atoms with Crippen molar-refractivity contribution < 1.29 is 14.6 Å². The molecule has 8 nitrogen and oxygen atoms in total. The number of carbonyl (C=O) groups is 1. The molecule has 1 saturated heterocycles. The standard InChI is InChI=1S/C25H20Cl2N4O4/c26-19-4-1-7-29-24(19)35-14-16-3-2-10-30(16)22-12-21-17(11-20(22)27)23(32)18(25(33)34)13-31(21)15-5-8-28-9-6-15/h1,4-9,11-13,16H,2-3,10,14H2,(H,33,34)/t16-/m1/s1. The lowest BCUT2D eigenvalue weighted by atomic mass is 10.1. The van der Waals surface area contributed by atoms with Crippen molar-refractivity contribution in [2.24, 2.45) is 0 Å². The molecule has 1 atom stereocenters. The number of carboxylic acids is 1. The average molecular weight is 511 g/mol. The maximum absolute atomic E-state index is 13.0. The van der Waals surface area contributed by atoms with E-state index in [4.69, 9.17) is 27.9 Å². The summed E-state index contributed by atoms with van der Waals surface area (Å²) in [6.45, 7) is 1.11. The van der Waals surface area contributed by atoms with Crippen LogP contribution in [0.3, 0.4) is 0 Å². The number of halogens is 2. The van der Waals surface area contributed by atoms with Crippen molar-refractivity contribution in [1.82, 2.24) is 14.5 Å². The Morgan fingerprint density at radius 1 is 1.14 bits per heavy atom. The van der Waals surface area contributed by atoms with Crippen LogP contribution in [0.5, 0.6) is 5.88 Å². The van der Waals surface area contributed by atoms with Crippen LogP contribution in [0.25, 0.3) is 16.6 Å². The van der Waals surface area contributed by atoms with Gasteiger partial charge in [-0.2, -0.15) is 0 Å². The normalized spacial score (nSPS) is 15.5. The van der Waals surface area contributed by atoms with E-state index in [9.17, 15) is 14.7 Å². The molecule has 10 heteroatoms. The summed E-state index contributed by atoms with van der Waals surface area (Å²) < 4.78 is 7.58. The van der Waals surface area contributed by atoms with Gasteiger partial charge in [0.25, 0.3) is 0 Å². The second-order valence-electron chi connectivity index (χ2n) is 8.16. The lowest BCUT2D eigenvalue weighted by molar-refractivity contribution is 0.0695. The predicted molar refractivity (Wildman–Crippen MR) is 134 cm³/mol. The zero-order valence-electron chi connectivity index (χ0n) is 18.4. The van der Waals surface area contributed by atoms with E-state index >= 15 is 0 Å². The lowest BCUT2D eigenvalue weighted by Gasteiger charge is -2.28. The topological polar surface area (TPSA) is 97.6 Å². The number of rotatable bonds is 6. The van der Waals surface area contributed by atoms with Gasteiger partial charge in [-0.15, -0.1) is 0 Å². The van der Waals surface area contributed by atoms with Crippen molar-refractivity contribution in [1.29, 1.82) is 0 Å². The number of hydrogen-bond acceptors (Lipinski definition) is 6. The van der Waals surface area contributed by atoms with E-state index in [2.05, 4.69) is 14.9 Å². The highest BCUT2D eigenvalue weighted by atomic mass is 35.5. The Kier molecular flexibility index (Phi) is 6.32. The molecule has 5 rings (SSSR count). The zero-order chi connectivity index (χ0) is 24.5. The number of ether oxygens (including phenoxy) is 1. The van der Waals surface area contributed by atoms with E-state index in [1.807, 2.05) is 6.07 Å². The zero-order valence-corrected chi connectivity index (χ0v) is 19.9. The van der Waals surface area contributed by atoms with Gasteiger partial charge in [0.2, 0.25) is 11.3 Å². The Morgan fingerprint density at radius 3 is 2.69 bits per heavy atom. The molecule has 3 aromatic heterocycles. The smallest absolute Gasteiger partial charge is 0.341 e. The Hall–Kier alpha value is -3.62. The van der Waals surface area contributed by atoms with Crippen molar-refractivity contribution >= 4 is 45.8 Å². The molecule has 0 spiro atoms. The van der Waals surface area contributed by atoms with Gasteiger partial charge in [-0.25, -0.2) is 9.78 Å². The van der Waals surface area contributed by atoms with Gasteiger partial charge in [0.05, 0.1) is 22.3 Å². The second-order valence-corrected chi connectivity index (χ2v) is 8.98. The van der Waals surface area contributed by atoms with Crippen LogP contribution in [-0.4, -0.2) is 44.8 Å². The molecule has 1 aliphatic rings. The van der Waals surface area contributed by atoms with E-state index in [-0.39, 0.29) is 17.0 Å². The molecule has 1 aromatic carbocycles. The molecule has 1 aliphatic heterocycles. The third-order valence-electron chi connectivity index (χ3n) is 6.07. The van der Waals surface area contributed by atoms with Gasteiger partial charge in [-0.3, -0.25) is 9.78 Å². The predicted octanol–water partition coefficient (Wildman–Crippen LogP) is 4.83. The summed E-state index contributed by atoms with van der Waals surface area (Å²) in [5.74, 6) is -0.928. The second kappa shape index (κ2) is 9.56. The van der Waals surface area contributed by atoms with E-state index < -0.39 is 11.4 Å². The summed E-state index contributed by atoms with van der Waals surface area (Å²) in [6, 6.07) is 10.3. The van der Waals surface area contributed by atoms with Crippen LogP contribution in [0.1, 0.15) is 23.2 Å². The SMILES string of the molecule is O=C(O)c1cn(-c2ccncc2)c2cc(N3CCC[C@@H]3COc3ncccc3Cl)c(Cl)cc2c1=O. The summed E-state index contributed by atoms with van der Waals surface area (Å²) >= 11 is 12.9. The number of aromatic nitrogens is 3. The fourth-order valence-corrected chi connectivity index (χ4v) is 4.85. The number of anilines is 1. The quantitative estimate of drug-likeness (QED) is 0.396. The maximum Gasteiger partial charge on any atom is 0.341 e. The van der Waals surface area contributed by atoms with Gasteiger partial charge >= 0.3 is 5.97 Å². The van der Waals surface area contributed by atoms with Gasteiger partial charge in [0.1, 0.15) is 17.2 Å². The van der Waals surface area contributed by atoms with Crippen LogP contribution in [0.4, 0.5) is 5.69 Å². The minimum atomic E-state index is -1.30. The average Bonchev–Trinajstić information content (AvgIpc) is 3.32. The van der Waals surface area contributed by atoms with Crippen molar-refractivity contribution in [2.75, 3.05) is 18.1 Å². The number of carboxylic acid groups (broad SMARTS) is 1. The van der Waals surface area contributed by atoms with Gasteiger partial charge in [0, 0.05) is 42.4 Å². The number of hydrogen-bond donors (Lipinski definition) is 1. The largest absolute Gasteiger partial charge is 0.477 e. The molecule has 4 aromatic rings. The maximum atomic E-state index is 13.0. The molecule has 0 saturated carbocycles. The van der Waals surface area contributed by atoms with Gasteiger partial charge in [-0.05, 0) is 49.2 Å². The summed E-state index contributed by atoms with van der Waals surface area (Å²) in [7, 11) is 0. The minimum absolute atomic E-state index is 0.0161. The van der Waals surface area contributed by atoms with Crippen molar-refractivity contribution in [3.05, 3.63) is 87.0 Å². The third kappa shape index (κ3) is 4.42. The molecule has 0 aliphatic carbocycles. The molecule has 178 valence electrons. The molecule has 35 heavy (non-hydrogen) atoms.